The van der Waals surface area contributed by atoms with Gasteiger partial charge < -0.3 is 30.7 Å². The molecule has 0 bridgehead atoms. The van der Waals surface area contributed by atoms with Crippen LogP contribution in [0.5, 0.6) is 11.5 Å². The summed E-state index contributed by atoms with van der Waals surface area (Å²) in [5, 5.41) is 10.9. The number of ether oxygens (including phenoxy) is 2. The Kier molecular flexibility index (Phi) is 6.64. The normalized spacial score (nSPS) is 12.1. The second kappa shape index (κ2) is 9.38. The van der Waals surface area contributed by atoms with Gasteiger partial charge in [0, 0.05) is 41.5 Å². The van der Waals surface area contributed by atoms with Crippen LogP contribution in [-0.2, 0) is 4.79 Å². The SMILES string of the molecule is CC(C)(C)C(=O)Nc1ccc(C(=O)NCCNC(=O)Nc2ccc3c(c2)OCO3)cc1. The zero-order valence-corrected chi connectivity index (χ0v) is 17.7. The van der Waals surface area contributed by atoms with Gasteiger partial charge in [0.25, 0.3) is 5.91 Å². The van der Waals surface area contributed by atoms with Crippen LogP contribution < -0.4 is 30.7 Å². The van der Waals surface area contributed by atoms with E-state index in [1.165, 1.54) is 0 Å². The fourth-order valence-corrected chi connectivity index (χ4v) is 2.63. The summed E-state index contributed by atoms with van der Waals surface area (Å²) in [4.78, 5) is 36.2. The zero-order valence-electron chi connectivity index (χ0n) is 17.7. The first kappa shape index (κ1) is 21.9. The van der Waals surface area contributed by atoms with Gasteiger partial charge in [0.05, 0.1) is 0 Å². The van der Waals surface area contributed by atoms with Gasteiger partial charge in [0.15, 0.2) is 11.5 Å². The summed E-state index contributed by atoms with van der Waals surface area (Å²) in [6, 6.07) is 11.3. The van der Waals surface area contributed by atoms with E-state index in [1.807, 2.05) is 20.8 Å². The molecule has 0 aliphatic carbocycles. The highest BCUT2D eigenvalue weighted by atomic mass is 16.7. The first-order valence-electron chi connectivity index (χ1n) is 9.86. The number of carbonyl (C=O) groups is 3. The largest absolute Gasteiger partial charge is 0.454 e. The molecular weight excluding hydrogens is 400 g/mol. The molecule has 9 nitrogen and oxygen atoms in total. The maximum Gasteiger partial charge on any atom is 0.319 e. The van der Waals surface area contributed by atoms with Crippen LogP contribution in [0, 0.1) is 5.41 Å². The van der Waals surface area contributed by atoms with Crippen molar-refractivity contribution in [3.8, 4) is 11.5 Å². The molecule has 9 heteroatoms. The molecule has 0 fully saturated rings. The standard InChI is InChI=1S/C22H26N4O5/c1-22(2,3)20(28)25-15-6-4-14(5-7-15)19(27)23-10-11-24-21(29)26-16-8-9-17-18(12-16)31-13-30-17/h4-9,12H,10-11,13H2,1-3H3,(H,23,27)(H,25,28)(H2,24,26,29). The molecule has 2 aromatic rings. The Morgan fingerprint density at radius 2 is 1.48 bits per heavy atom. The van der Waals surface area contributed by atoms with Gasteiger partial charge in [-0.3, -0.25) is 9.59 Å². The molecule has 0 atom stereocenters. The van der Waals surface area contributed by atoms with Gasteiger partial charge in [-0.25, -0.2) is 4.79 Å². The molecule has 4 N–H and O–H groups in total. The second-order valence-electron chi connectivity index (χ2n) is 7.99. The van der Waals surface area contributed by atoms with Crippen LogP contribution in [0.4, 0.5) is 16.2 Å². The monoisotopic (exact) mass is 426 g/mol. The zero-order chi connectivity index (χ0) is 22.4. The van der Waals surface area contributed by atoms with E-state index in [0.29, 0.717) is 28.4 Å². The van der Waals surface area contributed by atoms with Gasteiger partial charge in [-0.15, -0.1) is 0 Å². The van der Waals surface area contributed by atoms with Crippen molar-refractivity contribution in [1.82, 2.24) is 10.6 Å². The molecule has 164 valence electrons. The van der Waals surface area contributed by atoms with Crippen LogP contribution in [0.25, 0.3) is 0 Å². The molecule has 3 rings (SSSR count). The molecule has 0 radical (unpaired) electrons. The van der Waals surface area contributed by atoms with E-state index in [2.05, 4.69) is 21.3 Å². The Morgan fingerprint density at radius 3 is 2.19 bits per heavy atom. The first-order chi connectivity index (χ1) is 14.7. The molecule has 0 saturated carbocycles. The van der Waals surface area contributed by atoms with E-state index in [-0.39, 0.29) is 31.7 Å². The van der Waals surface area contributed by atoms with Crippen molar-refractivity contribution < 1.29 is 23.9 Å². The number of nitrogens with one attached hydrogen (secondary N) is 4. The van der Waals surface area contributed by atoms with Crippen LogP contribution in [0.3, 0.4) is 0 Å². The van der Waals surface area contributed by atoms with E-state index in [1.54, 1.807) is 42.5 Å². The van der Waals surface area contributed by atoms with E-state index in [9.17, 15) is 14.4 Å². The molecule has 4 amide bonds. The summed E-state index contributed by atoms with van der Waals surface area (Å²) >= 11 is 0. The molecule has 0 saturated heterocycles. The van der Waals surface area contributed by atoms with Gasteiger partial charge in [0.1, 0.15) is 0 Å². The summed E-state index contributed by atoms with van der Waals surface area (Å²) in [6.45, 7) is 6.16. The van der Waals surface area contributed by atoms with Crippen molar-refractivity contribution in [2.24, 2.45) is 5.41 Å². The van der Waals surface area contributed by atoms with E-state index in [4.69, 9.17) is 9.47 Å². The quantitative estimate of drug-likeness (QED) is 0.530. The number of rotatable bonds is 6. The lowest BCUT2D eigenvalue weighted by Gasteiger charge is -2.17. The maximum atomic E-state index is 12.2. The smallest absolute Gasteiger partial charge is 0.319 e. The highest BCUT2D eigenvalue weighted by molar-refractivity contribution is 5.97. The number of fused-ring (bicyclic) bond motifs is 1. The lowest BCUT2D eigenvalue weighted by molar-refractivity contribution is -0.123. The predicted molar refractivity (Wildman–Crippen MR) is 116 cm³/mol. The summed E-state index contributed by atoms with van der Waals surface area (Å²) in [5.41, 5.74) is 1.15. The number of amides is 4. The highest BCUT2D eigenvalue weighted by Gasteiger charge is 2.21. The van der Waals surface area contributed by atoms with Gasteiger partial charge in [-0.2, -0.15) is 0 Å². The first-order valence-corrected chi connectivity index (χ1v) is 9.86. The van der Waals surface area contributed by atoms with Gasteiger partial charge in [0.2, 0.25) is 12.7 Å². The van der Waals surface area contributed by atoms with Crippen molar-refractivity contribution in [3.63, 3.8) is 0 Å². The predicted octanol–water partition coefficient (Wildman–Crippen LogP) is 2.95. The number of urea groups is 1. The van der Waals surface area contributed by atoms with Crippen LogP contribution in [0.1, 0.15) is 31.1 Å². The van der Waals surface area contributed by atoms with Gasteiger partial charge >= 0.3 is 6.03 Å². The summed E-state index contributed by atoms with van der Waals surface area (Å²) < 4.78 is 10.5. The Balaban J connectivity index is 1.38. The molecule has 0 spiro atoms. The van der Waals surface area contributed by atoms with Crippen molar-refractivity contribution >= 4 is 29.2 Å². The van der Waals surface area contributed by atoms with E-state index >= 15 is 0 Å². The Morgan fingerprint density at radius 1 is 0.839 bits per heavy atom. The minimum absolute atomic E-state index is 0.102. The lowest BCUT2D eigenvalue weighted by Crippen LogP contribution is -2.36. The van der Waals surface area contributed by atoms with E-state index < -0.39 is 11.4 Å². The van der Waals surface area contributed by atoms with Crippen LogP contribution in [0.2, 0.25) is 0 Å². The summed E-state index contributed by atoms with van der Waals surface area (Å²) in [6.07, 6.45) is 0. The molecule has 1 aliphatic heterocycles. The van der Waals surface area contributed by atoms with Crippen LogP contribution in [-0.4, -0.2) is 37.7 Å². The number of carbonyl (C=O) groups excluding carboxylic acids is 3. The lowest BCUT2D eigenvalue weighted by atomic mass is 9.95. The van der Waals surface area contributed by atoms with Gasteiger partial charge in [-0.1, -0.05) is 20.8 Å². The molecule has 0 unspecified atom stereocenters. The third-order valence-electron chi connectivity index (χ3n) is 4.41. The van der Waals surface area contributed by atoms with Gasteiger partial charge in [-0.05, 0) is 36.4 Å². The third kappa shape index (κ3) is 6.11. The fraction of sp³-hybridized carbons (Fsp3) is 0.318. The average molecular weight is 426 g/mol. The number of anilines is 2. The van der Waals surface area contributed by atoms with Crippen molar-refractivity contribution in [1.29, 1.82) is 0 Å². The van der Waals surface area contributed by atoms with Crippen molar-refractivity contribution in [2.75, 3.05) is 30.5 Å². The number of hydrogen-bond donors (Lipinski definition) is 4. The van der Waals surface area contributed by atoms with Crippen molar-refractivity contribution in [2.45, 2.75) is 20.8 Å². The number of hydrogen-bond acceptors (Lipinski definition) is 5. The minimum atomic E-state index is -0.502. The maximum absolute atomic E-state index is 12.2. The molecular formula is C22H26N4O5. The highest BCUT2D eigenvalue weighted by Crippen LogP contribution is 2.34. The van der Waals surface area contributed by atoms with Crippen LogP contribution >= 0.6 is 0 Å². The average Bonchev–Trinajstić information content (AvgIpc) is 3.18. The topological polar surface area (TPSA) is 118 Å². The van der Waals surface area contributed by atoms with Crippen molar-refractivity contribution in [3.05, 3.63) is 48.0 Å². The molecule has 0 aromatic heterocycles. The Labute approximate surface area is 180 Å². The third-order valence-corrected chi connectivity index (χ3v) is 4.41. The van der Waals surface area contributed by atoms with E-state index in [0.717, 1.165) is 0 Å². The molecule has 2 aromatic carbocycles. The molecule has 31 heavy (non-hydrogen) atoms. The Bertz CT molecular complexity index is 967. The molecule has 1 heterocycles. The molecule has 1 aliphatic rings. The Hall–Kier alpha value is -3.75. The fourth-order valence-electron chi connectivity index (χ4n) is 2.63. The summed E-state index contributed by atoms with van der Waals surface area (Å²) in [5.74, 6) is 0.841. The van der Waals surface area contributed by atoms with Crippen LogP contribution in [0.15, 0.2) is 42.5 Å². The second-order valence-corrected chi connectivity index (χ2v) is 7.99. The number of benzene rings is 2. The summed E-state index contributed by atoms with van der Waals surface area (Å²) in [7, 11) is 0. The minimum Gasteiger partial charge on any atom is -0.454 e.